The lowest BCUT2D eigenvalue weighted by Crippen LogP contribution is -2.31. The molecule has 0 radical (unpaired) electrons. The summed E-state index contributed by atoms with van der Waals surface area (Å²) in [6.45, 7) is 1.79. The Bertz CT molecular complexity index is 620. The molecule has 1 fully saturated rings. The second-order valence-corrected chi connectivity index (χ2v) is 5.72. The molecule has 0 saturated carbocycles. The van der Waals surface area contributed by atoms with Crippen molar-refractivity contribution in [2.24, 2.45) is 0 Å². The van der Waals surface area contributed by atoms with E-state index in [4.69, 9.17) is 9.15 Å². The first-order valence-corrected chi connectivity index (χ1v) is 7.70. The highest BCUT2D eigenvalue weighted by Gasteiger charge is 2.27. The van der Waals surface area contributed by atoms with Crippen molar-refractivity contribution < 1.29 is 13.9 Å². The molecule has 1 aliphatic rings. The number of furan rings is 1. The van der Waals surface area contributed by atoms with Crippen LogP contribution in [0.1, 0.15) is 34.5 Å². The quantitative estimate of drug-likeness (QED) is 0.795. The molecular formula is C18H21NO3. The molecule has 116 valence electrons. The highest BCUT2D eigenvalue weighted by atomic mass is 16.5. The fraction of sp³-hybridized carbons (Fsp3) is 0.389. The van der Waals surface area contributed by atoms with Crippen molar-refractivity contribution in [1.29, 1.82) is 0 Å². The van der Waals surface area contributed by atoms with Crippen LogP contribution in [-0.4, -0.2) is 30.6 Å². The zero-order valence-electron chi connectivity index (χ0n) is 12.8. The van der Waals surface area contributed by atoms with E-state index in [1.165, 1.54) is 25.5 Å². The zero-order chi connectivity index (χ0) is 15.4. The van der Waals surface area contributed by atoms with Gasteiger partial charge >= 0.3 is 5.97 Å². The molecule has 0 N–H and O–H groups in total. The maximum absolute atomic E-state index is 11.7. The van der Waals surface area contributed by atoms with Gasteiger partial charge in [-0.25, -0.2) is 4.79 Å². The van der Waals surface area contributed by atoms with E-state index in [9.17, 15) is 4.79 Å². The Balaban J connectivity index is 1.69. The van der Waals surface area contributed by atoms with Crippen molar-refractivity contribution in [2.75, 3.05) is 13.7 Å². The van der Waals surface area contributed by atoms with Crippen LogP contribution in [0.3, 0.4) is 0 Å². The number of esters is 1. The first kappa shape index (κ1) is 14.9. The van der Waals surface area contributed by atoms with Crippen LogP contribution in [0.2, 0.25) is 0 Å². The van der Waals surface area contributed by atoms with Gasteiger partial charge in [-0.2, -0.15) is 0 Å². The summed E-state index contributed by atoms with van der Waals surface area (Å²) < 4.78 is 10.1. The minimum Gasteiger partial charge on any atom is -0.463 e. The first-order valence-electron chi connectivity index (χ1n) is 7.70. The molecule has 0 amide bonds. The Labute approximate surface area is 130 Å². The molecule has 0 spiro atoms. The molecule has 22 heavy (non-hydrogen) atoms. The average molecular weight is 299 g/mol. The van der Waals surface area contributed by atoms with Crippen molar-refractivity contribution in [3.8, 4) is 0 Å². The van der Waals surface area contributed by atoms with E-state index in [0.717, 1.165) is 25.1 Å². The van der Waals surface area contributed by atoms with Crippen molar-refractivity contribution >= 4 is 5.97 Å². The molecule has 1 atom stereocenters. The molecule has 3 rings (SSSR count). The van der Waals surface area contributed by atoms with Crippen LogP contribution < -0.4 is 0 Å². The number of nitrogens with zero attached hydrogens (tertiary/aromatic N) is 1. The topological polar surface area (TPSA) is 42.7 Å². The van der Waals surface area contributed by atoms with Crippen LogP contribution >= 0.6 is 0 Å². The van der Waals surface area contributed by atoms with E-state index in [2.05, 4.69) is 29.2 Å². The van der Waals surface area contributed by atoms with E-state index in [0.29, 0.717) is 11.8 Å². The summed E-state index contributed by atoms with van der Waals surface area (Å²) in [5.74, 6) is -0.0772. The molecule has 1 saturated heterocycles. The Morgan fingerprint density at radius 1 is 1.32 bits per heavy atom. The zero-order valence-corrected chi connectivity index (χ0v) is 12.8. The Morgan fingerprint density at radius 3 is 2.91 bits per heavy atom. The second kappa shape index (κ2) is 6.79. The predicted octanol–water partition coefficient (Wildman–Crippen LogP) is 3.27. The maximum atomic E-state index is 11.7. The van der Waals surface area contributed by atoms with Gasteiger partial charge in [-0.1, -0.05) is 30.3 Å². The summed E-state index contributed by atoms with van der Waals surface area (Å²) in [5.41, 5.74) is 2.27. The van der Waals surface area contributed by atoms with Gasteiger partial charge in [0.15, 0.2) is 0 Å². The third kappa shape index (κ3) is 3.22. The van der Waals surface area contributed by atoms with Gasteiger partial charge in [0.1, 0.15) is 0 Å². The largest absolute Gasteiger partial charge is 0.463 e. The second-order valence-electron chi connectivity index (χ2n) is 5.72. The summed E-state index contributed by atoms with van der Waals surface area (Å²) >= 11 is 0. The molecule has 2 aromatic rings. The molecule has 1 unspecified atom stereocenters. The van der Waals surface area contributed by atoms with Crippen LogP contribution in [0, 0.1) is 0 Å². The van der Waals surface area contributed by atoms with Gasteiger partial charge < -0.3 is 9.15 Å². The van der Waals surface area contributed by atoms with Crippen molar-refractivity contribution in [1.82, 2.24) is 4.90 Å². The number of carbonyl (C=O) groups is 1. The minimum atomic E-state index is -0.404. The lowest BCUT2D eigenvalue weighted by molar-refractivity contribution is 0.0561. The van der Waals surface area contributed by atoms with E-state index < -0.39 is 5.97 Å². The number of likely N-dealkylation sites (tertiary alicyclic amines) is 1. The number of methoxy groups -OCH3 is 1. The van der Waals surface area contributed by atoms with E-state index in [-0.39, 0.29) is 0 Å². The fourth-order valence-electron chi connectivity index (χ4n) is 3.17. The molecule has 0 bridgehead atoms. The first-order chi connectivity index (χ1) is 10.8. The number of ether oxygens (including phenoxy) is 1. The lowest BCUT2D eigenvalue weighted by Gasteiger charge is -2.24. The molecule has 2 heterocycles. The molecule has 4 heteroatoms. The normalized spacial score (nSPS) is 18.5. The van der Waals surface area contributed by atoms with Gasteiger partial charge in [0.05, 0.1) is 13.4 Å². The number of hydrogen-bond donors (Lipinski definition) is 0. The molecule has 4 nitrogen and oxygen atoms in total. The maximum Gasteiger partial charge on any atom is 0.374 e. The minimum absolute atomic E-state index is 0.327. The fourth-order valence-corrected chi connectivity index (χ4v) is 3.17. The van der Waals surface area contributed by atoms with Gasteiger partial charge in [0, 0.05) is 18.2 Å². The van der Waals surface area contributed by atoms with Crippen LogP contribution in [-0.2, 0) is 17.7 Å². The Morgan fingerprint density at radius 2 is 2.14 bits per heavy atom. The average Bonchev–Trinajstić information content (AvgIpc) is 3.18. The van der Waals surface area contributed by atoms with Crippen molar-refractivity contribution in [3.05, 3.63) is 59.5 Å². The highest BCUT2D eigenvalue weighted by molar-refractivity contribution is 5.87. The molecule has 1 aliphatic heterocycles. The standard InChI is InChI=1S/C18H21NO3/c1-21-18(20)17-15(9-11-22-17)13-19-10-5-8-16(19)12-14-6-3-2-4-7-14/h2-4,6-7,9,11,16H,5,8,10,12-13H2,1H3. The summed E-state index contributed by atoms with van der Waals surface area (Å²) in [6, 6.07) is 12.9. The van der Waals surface area contributed by atoms with Crippen molar-refractivity contribution in [3.63, 3.8) is 0 Å². The van der Waals surface area contributed by atoms with Crippen LogP contribution in [0.4, 0.5) is 0 Å². The van der Waals surface area contributed by atoms with Gasteiger partial charge in [-0.15, -0.1) is 0 Å². The summed E-state index contributed by atoms with van der Waals surface area (Å²) in [7, 11) is 1.38. The monoisotopic (exact) mass is 299 g/mol. The van der Waals surface area contributed by atoms with Gasteiger partial charge in [0.2, 0.25) is 5.76 Å². The summed E-state index contributed by atoms with van der Waals surface area (Å²) in [4.78, 5) is 14.1. The van der Waals surface area contributed by atoms with Gasteiger partial charge in [-0.3, -0.25) is 4.90 Å². The van der Waals surface area contributed by atoms with Crippen LogP contribution in [0.5, 0.6) is 0 Å². The van der Waals surface area contributed by atoms with Gasteiger partial charge in [-0.05, 0) is 37.4 Å². The van der Waals surface area contributed by atoms with Crippen LogP contribution in [0.15, 0.2) is 47.1 Å². The number of rotatable bonds is 5. The summed E-state index contributed by atoms with van der Waals surface area (Å²) in [6.07, 6.45) is 5.00. The Kier molecular flexibility index (Phi) is 4.59. The van der Waals surface area contributed by atoms with Crippen LogP contribution in [0.25, 0.3) is 0 Å². The lowest BCUT2D eigenvalue weighted by atomic mass is 10.0. The third-order valence-corrected chi connectivity index (χ3v) is 4.30. The van der Waals surface area contributed by atoms with Crippen molar-refractivity contribution in [2.45, 2.75) is 31.8 Å². The van der Waals surface area contributed by atoms with E-state index in [1.54, 1.807) is 6.26 Å². The summed E-state index contributed by atoms with van der Waals surface area (Å²) in [5, 5.41) is 0. The number of carbonyl (C=O) groups excluding carboxylic acids is 1. The number of benzene rings is 1. The van der Waals surface area contributed by atoms with Gasteiger partial charge in [0.25, 0.3) is 0 Å². The third-order valence-electron chi connectivity index (χ3n) is 4.30. The Hall–Kier alpha value is -2.07. The molecule has 1 aromatic carbocycles. The molecular weight excluding hydrogens is 278 g/mol. The molecule has 0 aliphatic carbocycles. The number of hydrogen-bond acceptors (Lipinski definition) is 4. The molecule has 1 aromatic heterocycles. The van der Waals surface area contributed by atoms with E-state index >= 15 is 0 Å². The predicted molar refractivity (Wildman–Crippen MR) is 83.6 cm³/mol. The smallest absolute Gasteiger partial charge is 0.374 e. The highest BCUT2D eigenvalue weighted by Crippen LogP contribution is 2.25. The SMILES string of the molecule is COC(=O)c1occc1CN1CCCC1Cc1ccccc1. The van der Waals surface area contributed by atoms with E-state index in [1.807, 2.05) is 12.1 Å².